The first kappa shape index (κ1) is 19.4. The summed E-state index contributed by atoms with van der Waals surface area (Å²) in [5.41, 5.74) is -1.000. The van der Waals surface area contributed by atoms with E-state index in [2.05, 4.69) is 0 Å². The molecule has 0 aromatic rings. The molecule has 1 saturated heterocycles. The highest BCUT2D eigenvalue weighted by molar-refractivity contribution is 7.87. The normalized spacial score (nSPS) is 36.8. The number of hydrogen-bond acceptors (Lipinski definition) is 8. The van der Waals surface area contributed by atoms with Crippen molar-refractivity contribution in [3.8, 4) is 0 Å². The molecule has 1 heterocycles. The van der Waals surface area contributed by atoms with Crippen LogP contribution < -0.4 is 0 Å². The molecule has 9 heteroatoms. The lowest BCUT2D eigenvalue weighted by molar-refractivity contribution is -0.155. The zero-order valence-electron chi connectivity index (χ0n) is 15.5. The predicted octanol–water partition coefficient (Wildman–Crippen LogP) is 2.01. The molecule has 0 aromatic carbocycles. The molecule has 5 unspecified atom stereocenters. The van der Waals surface area contributed by atoms with Crippen molar-refractivity contribution in [2.24, 2.45) is 16.7 Å². The highest BCUT2D eigenvalue weighted by Crippen LogP contribution is 2.62. The molecule has 3 aliphatic rings. The lowest BCUT2D eigenvalue weighted by atomic mass is 9.82. The van der Waals surface area contributed by atoms with Gasteiger partial charge in [-0.2, -0.15) is 8.42 Å². The van der Waals surface area contributed by atoms with Crippen LogP contribution in [0.5, 0.6) is 0 Å². The summed E-state index contributed by atoms with van der Waals surface area (Å²) in [4.78, 5) is 23.8. The van der Waals surface area contributed by atoms with Crippen LogP contribution >= 0.6 is 0 Å². The zero-order valence-corrected chi connectivity index (χ0v) is 16.3. The van der Waals surface area contributed by atoms with Crippen LogP contribution in [0.15, 0.2) is 0 Å². The van der Waals surface area contributed by atoms with E-state index in [-0.39, 0.29) is 25.1 Å². The van der Waals surface area contributed by atoms with E-state index >= 15 is 0 Å². The van der Waals surface area contributed by atoms with E-state index in [1.54, 1.807) is 13.8 Å². The number of carbonyl (C=O) groups is 2. The summed E-state index contributed by atoms with van der Waals surface area (Å²) in [6, 6.07) is 0. The molecule has 8 nitrogen and oxygen atoms in total. The van der Waals surface area contributed by atoms with Crippen LogP contribution in [-0.4, -0.2) is 51.2 Å². The Morgan fingerprint density at radius 2 is 1.85 bits per heavy atom. The van der Waals surface area contributed by atoms with Gasteiger partial charge in [0.1, 0.15) is 25.4 Å². The van der Waals surface area contributed by atoms with E-state index in [0.29, 0.717) is 19.3 Å². The fourth-order valence-corrected chi connectivity index (χ4v) is 6.12. The monoisotopic (exact) mass is 390 g/mol. The molecule has 5 atom stereocenters. The summed E-state index contributed by atoms with van der Waals surface area (Å²) in [5.74, 6) is -0.479. The highest BCUT2D eigenvalue weighted by atomic mass is 32.2. The molecule has 3 rings (SSSR count). The number of carbonyl (C=O) groups excluding carboxylic acids is 2. The van der Waals surface area contributed by atoms with Gasteiger partial charge in [0.2, 0.25) is 0 Å². The molecule has 0 spiro atoms. The minimum Gasteiger partial charge on any atom is -0.462 e. The van der Waals surface area contributed by atoms with Crippen molar-refractivity contribution in [2.75, 3.05) is 13.2 Å². The van der Waals surface area contributed by atoms with Gasteiger partial charge in [0, 0.05) is 11.3 Å². The van der Waals surface area contributed by atoms with E-state index in [1.165, 1.54) is 0 Å². The molecule has 0 N–H and O–H groups in total. The Bertz CT molecular complexity index is 700. The Hall–Kier alpha value is -1.35. The maximum Gasteiger partial charge on any atom is 0.508 e. The SMILES string of the molecule is CCC(C)(C)C(=O)OCCOC(=O)OC1C2OS(=O)(=O)C3CC1(C)CC23. The van der Waals surface area contributed by atoms with Gasteiger partial charge in [-0.05, 0) is 33.1 Å². The van der Waals surface area contributed by atoms with Gasteiger partial charge in [-0.15, -0.1) is 0 Å². The third-order valence-corrected chi connectivity index (χ3v) is 7.81. The molecule has 26 heavy (non-hydrogen) atoms. The average molecular weight is 390 g/mol. The minimum absolute atomic E-state index is 0.0572. The first-order chi connectivity index (χ1) is 12.0. The number of fused-ring (bicyclic) bond motifs is 1. The van der Waals surface area contributed by atoms with Crippen molar-refractivity contribution >= 4 is 22.2 Å². The van der Waals surface area contributed by atoms with Crippen molar-refractivity contribution < 1.29 is 36.4 Å². The number of hydrogen-bond donors (Lipinski definition) is 0. The van der Waals surface area contributed by atoms with Gasteiger partial charge in [-0.1, -0.05) is 13.8 Å². The fourth-order valence-electron chi connectivity index (χ4n) is 4.16. The van der Waals surface area contributed by atoms with Crippen LogP contribution in [0.25, 0.3) is 0 Å². The summed E-state index contributed by atoms with van der Waals surface area (Å²) in [6.45, 7) is 7.19. The van der Waals surface area contributed by atoms with E-state index in [9.17, 15) is 18.0 Å². The molecule has 0 radical (unpaired) electrons. The van der Waals surface area contributed by atoms with Gasteiger partial charge >= 0.3 is 12.1 Å². The second kappa shape index (κ2) is 6.37. The summed E-state index contributed by atoms with van der Waals surface area (Å²) in [5, 5.41) is -0.491. The number of rotatable bonds is 6. The Morgan fingerprint density at radius 1 is 1.19 bits per heavy atom. The van der Waals surface area contributed by atoms with Crippen molar-refractivity contribution in [2.45, 2.75) is 64.4 Å². The Labute approximate surface area is 153 Å². The molecular weight excluding hydrogens is 364 g/mol. The molecule has 148 valence electrons. The summed E-state index contributed by atoms with van der Waals surface area (Å²) < 4.78 is 44.6. The van der Waals surface area contributed by atoms with E-state index in [1.807, 2.05) is 13.8 Å². The predicted molar refractivity (Wildman–Crippen MR) is 89.7 cm³/mol. The van der Waals surface area contributed by atoms with Crippen LogP contribution in [0.4, 0.5) is 4.79 Å². The van der Waals surface area contributed by atoms with E-state index in [4.69, 9.17) is 18.4 Å². The molecule has 0 aromatic heterocycles. The minimum atomic E-state index is -3.57. The summed E-state index contributed by atoms with van der Waals surface area (Å²) in [7, 11) is -3.57. The average Bonchev–Trinajstić information content (AvgIpc) is 3.10. The molecule has 1 aliphatic heterocycles. The molecule has 2 aliphatic carbocycles. The summed E-state index contributed by atoms with van der Waals surface area (Å²) >= 11 is 0. The van der Waals surface area contributed by atoms with Crippen molar-refractivity contribution in [1.82, 2.24) is 0 Å². The summed E-state index contributed by atoms with van der Waals surface area (Å²) in [6.07, 6.45) is -0.448. The number of ether oxygens (including phenoxy) is 3. The Kier molecular flexibility index (Phi) is 4.75. The quantitative estimate of drug-likeness (QED) is 0.385. The van der Waals surface area contributed by atoms with E-state index in [0.717, 1.165) is 0 Å². The van der Waals surface area contributed by atoms with Crippen molar-refractivity contribution in [3.05, 3.63) is 0 Å². The lowest BCUT2D eigenvalue weighted by Crippen LogP contribution is -2.42. The van der Waals surface area contributed by atoms with Gasteiger partial charge < -0.3 is 14.2 Å². The van der Waals surface area contributed by atoms with Crippen LogP contribution in [0, 0.1) is 16.7 Å². The lowest BCUT2D eigenvalue weighted by Gasteiger charge is -2.31. The molecule has 2 bridgehead atoms. The molecule has 0 amide bonds. The molecule has 2 saturated carbocycles. The van der Waals surface area contributed by atoms with Crippen LogP contribution in [0.1, 0.15) is 47.0 Å². The Balaban J connectivity index is 1.47. The van der Waals surface area contributed by atoms with Crippen molar-refractivity contribution in [1.29, 1.82) is 0 Å². The van der Waals surface area contributed by atoms with Crippen LogP contribution in [-0.2, 0) is 33.3 Å². The topological polar surface area (TPSA) is 105 Å². The standard InChI is InChI=1S/C17H26O8S/c1-5-16(2,3)14(18)22-6-7-23-15(19)24-13-12-10-8-17(13,4)9-11(10)26(20,21)25-12/h10-13H,5-9H2,1-4H3. The van der Waals surface area contributed by atoms with Gasteiger partial charge in [0.05, 0.1) is 10.7 Å². The van der Waals surface area contributed by atoms with E-state index < -0.39 is 44.6 Å². The van der Waals surface area contributed by atoms with Gasteiger partial charge in [-0.25, -0.2) is 4.79 Å². The third kappa shape index (κ3) is 3.19. The fraction of sp³-hybridized carbons (Fsp3) is 0.882. The Morgan fingerprint density at radius 3 is 2.50 bits per heavy atom. The zero-order chi connectivity index (χ0) is 19.3. The highest BCUT2D eigenvalue weighted by Gasteiger charge is 2.70. The smallest absolute Gasteiger partial charge is 0.462 e. The number of esters is 1. The molecule has 3 fully saturated rings. The van der Waals surface area contributed by atoms with Gasteiger partial charge in [0.25, 0.3) is 10.1 Å². The maximum absolute atomic E-state index is 12.0. The van der Waals surface area contributed by atoms with Gasteiger partial charge in [-0.3, -0.25) is 8.98 Å². The van der Waals surface area contributed by atoms with Crippen LogP contribution in [0.2, 0.25) is 0 Å². The van der Waals surface area contributed by atoms with Gasteiger partial charge in [0.15, 0.2) is 0 Å². The third-order valence-electron chi connectivity index (χ3n) is 6.07. The first-order valence-electron chi connectivity index (χ1n) is 8.93. The molecular formula is C17H26O8S. The maximum atomic E-state index is 12.0. The largest absolute Gasteiger partial charge is 0.508 e. The second-order valence-electron chi connectivity index (χ2n) is 8.33. The van der Waals surface area contributed by atoms with Crippen molar-refractivity contribution in [3.63, 3.8) is 0 Å². The first-order valence-corrected chi connectivity index (χ1v) is 10.4. The van der Waals surface area contributed by atoms with Crippen LogP contribution in [0.3, 0.4) is 0 Å². The second-order valence-corrected chi connectivity index (χ2v) is 10.1.